The first-order valence-corrected chi connectivity index (χ1v) is 10.7. The molecule has 0 radical (unpaired) electrons. The van der Waals surface area contributed by atoms with Crippen LogP contribution in [0.25, 0.3) is 0 Å². The largest absolute Gasteiger partial charge is 0.439 e. The van der Waals surface area contributed by atoms with Gasteiger partial charge in [0.15, 0.2) is 0 Å². The standard InChI is InChI=1S/C25H28N4O2/c1-19-8-11-22(12-9-19)31-24-18-23(26-20(2)27-24)28-14-16-29(17-15-28)25(30)13-10-21-6-4-3-5-7-21/h3-9,11-12,18H,10,13-17H2,1-2H3. The molecular weight excluding hydrogens is 388 g/mol. The molecule has 160 valence electrons. The molecule has 6 heteroatoms. The molecule has 1 aliphatic heterocycles. The van der Waals surface area contributed by atoms with Gasteiger partial charge in [-0.15, -0.1) is 0 Å². The summed E-state index contributed by atoms with van der Waals surface area (Å²) in [4.78, 5) is 25.8. The van der Waals surface area contributed by atoms with Gasteiger partial charge in [0.05, 0.1) is 0 Å². The Bertz CT molecular complexity index is 1010. The summed E-state index contributed by atoms with van der Waals surface area (Å²) in [6, 6.07) is 19.9. The van der Waals surface area contributed by atoms with Crippen molar-refractivity contribution >= 4 is 11.7 Å². The van der Waals surface area contributed by atoms with Crippen molar-refractivity contribution in [1.29, 1.82) is 0 Å². The summed E-state index contributed by atoms with van der Waals surface area (Å²) < 4.78 is 5.94. The molecule has 4 rings (SSSR count). The second kappa shape index (κ2) is 9.60. The van der Waals surface area contributed by atoms with E-state index in [1.165, 1.54) is 11.1 Å². The van der Waals surface area contributed by atoms with Crippen LogP contribution in [0.5, 0.6) is 11.6 Å². The maximum atomic E-state index is 12.6. The lowest BCUT2D eigenvalue weighted by Crippen LogP contribution is -2.49. The van der Waals surface area contributed by atoms with E-state index in [0.29, 0.717) is 31.2 Å². The van der Waals surface area contributed by atoms with Crippen LogP contribution < -0.4 is 9.64 Å². The summed E-state index contributed by atoms with van der Waals surface area (Å²) in [6.07, 6.45) is 1.33. The second-order valence-corrected chi connectivity index (χ2v) is 7.88. The monoisotopic (exact) mass is 416 g/mol. The number of amides is 1. The third kappa shape index (κ3) is 5.60. The molecule has 3 aromatic rings. The van der Waals surface area contributed by atoms with Crippen molar-refractivity contribution < 1.29 is 9.53 Å². The van der Waals surface area contributed by atoms with Crippen LogP contribution >= 0.6 is 0 Å². The van der Waals surface area contributed by atoms with Gasteiger partial charge in [0.2, 0.25) is 11.8 Å². The van der Waals surface area contributed by atoms with E-state index < -0.39 is 0 Å². The fraction of sp³-hybridized carbons (Fsp3) is 0.320. The predicted octanol–water partition coefficient (Wildman–Crippen LogP) is 4.17. The van der Waals surface area contributed by atoms with Crippen molar-refractivity contribution in [3.05, 3.63) is 77.6 Å². The van der Waals surface area contributed by atoms with Crippen LogP contribution in [-0.2, 0) is 11.2 Å². The van der Waals surface area contributed by atoms with Gasteiger partial charge in [0.25, 0.3) is 0 Å². The summed E-state index contributed by atoms with van der Waals surface area (Å²) in [7, 11) is 0. The fourth-order valence-corrected chi connectivity index (χ4v) is 3.71. The molecule has 1 aliphatic rings. The maximum Gasteiger partial charge on any atom is 0.224 e. The van der Waals surface area contributed by atoms with Crippen molar-refractivity contribution in [3.63, 3.8) is 0 Å². The SMILES string of the molecule is Cc1ccc(Oc2cc(N3CCN(C(=O)CCc4ccccc4)CC3)nc(C)n2)cc1. The van der Waals surface area contributed by atoms with Crippen molar-refractivity contribution in [3.8, 4) is 11.6 Å². The molecule has 1 saturated heterocycles. The number of aromatic nitrogens is 2. The van der Waals surface area contributed by atoms with Crippen molar-refractivity contribution in [2.24, 2.45) is 0 Å². The third-order valence-corrected chi connectivity index (χ3v) is 5.47. The molecule has 1 fully saturated rings. The Hall–Kier alpha value is -3.41. The number of hydrogen-bond donors (Lipinski definition) is 0. The normalized spacial score (nSPS) is 13.9. The highest BCUT2D eigenvalue weighted by Gasteiger charge is 2.22. The van der Waals surface area contributed by atoms with E-state index in [2.05, 4.69) is 27.0 Å². The van der Waals surface area contributed by atoms with Gasteiger partial charge in [-0.3, -0.25) is 4.79 Å². The average molecular weight is 417 g/mol. The quantitative estimate of drug-likeness (QED) is 0.604. The molecule has 1 amide bonds. The van der Waals surface area contributed by atoms with Gasteiger partial charge in [-0.25, -0.2) is 4.98 Å². The minimum absolute atomic E-state index is 0.214. The first-order chi connectivity index (χ1) is 15.1. The van der Waals surface area contributed by atoms with Crippen LogP contribution in [0.1, 0.15) is 23.4 Å². The van der Waals surface area contributed by atoms with Crippen LogP contribution in [0.4, 0.5) is 5.82 Å². The molecule has 2 heterocycles. The molecule has 0 atom stereocenters. The van der Waals surface area contributed by atoms with Gasteiger partial charge >= 0.3 is 0 Å². The van der Waals surface area contributed by atoms with E-state index >= 15 is 0 Å². The Morgan fingerprint density at radius 1 is 0.935 bits per heavy atom. The Balaban J connectivity index is 1.34. The molecule has 6 nitrogen and oxygen atoms in total. The van der Waals surface area contributed by atoms with Crippen LogP contribution in [0.15, 0.2) is 60.7 Å². The Morgan fingerprint density at radius 2 is 1.65 bits per heavy atom. The van der Waals surface area contributed by atoms with Crippen molar-refractivity contribution in [2.45, 2.75) is 26.7 Å². The Morgan fingerprint density at radius 3 is 2.35 bits per heavy atom. The topological polar surface area (TPSA) is 58.6 Å². The second-order valence-electron chi connectivity index (χ2n) is 7.88. The van der Waals surface area contributed by atoms with E-state index in [4.69, 9.17) is 4.74 Å². The predicted molar refractivity (Wildman–Crippen MR) is 122 cm³/mol. The molecular formula is C25H28N4O2. The molecule has 1 aromatic heterocycles. The van der Waals surface area contributed by atoms with Gasteiger partial charge in [-0.05, 0) is 38.0 Å². The zero-order chi connectivity index (χ0) is 21.6. The zero-order valence-electron chi connectivity index (χ0n) is 18.1. The summed E-state index contributed by atoms with van der Waals surface area (Å²) >= 11 is 0. The summed E-state index contributed by atoms with van der Waals surface area (Å²) in [6.45, 7) is 6.81. The number of carbonyl (C=O) groups is 1. The number of benzene rings is 2. The lowest BCUT2D eigenvalue weighted by atomic mass is 10.1. The van der Waals surface area contributed by atoms with Crippen LogP contribution in [0.3, 0.4) is 0 Å². The van der Waals surface area contributed by atoms with Crippen molar-refractivity contribution in [1.82, 2.24) is 14.9 Å². The summed E-state index contributed by atoms with van der Waals surface area (Å²) in [5.74, 6) is 3.01. The van der Waals surface area contributed by atoms with E-state index in [1.807, 2.05) is 67.3 Å². The first kappa shape index (κ1) is 20.8. The first-order valence-electron chi connectivity index (χ1n) is 10.7. The van der Waals surface area contributed by atoms with E-state index in [0.717, 1.165) is 31.1 Å². The summed E-state index contributed by atoms with van der Waals surface area (Å²) in [5, 5.41) is 0. The molecule has 0 spiro atoms. The van der Waals surface area contributed by atoms with E-state index in [9.17, 15) is 4.79 Å². The minimum Gasteiger partial charge on any atom is -0.439 e. The number of ether oxygens (including phenoxy) is 1. The van der Waals surface area contributed by atoms with Gasteiger partial charge in [-0.1, -0.05) is 48.0 Å². The number of nitrogens with zero attached hydrogens (tertiary/aromatic N) is 4. The molecule has 0 N–H and O–H groups in total. The number of hydrogen-bond acceptors (Lipinski definition) is 5. The van der Waals surface area contributed by atoms with Crippen LogP contribution in [0.2, 0.25) is 0 Å². The van der Waals surface area contributed by atoms with Gasteiger partial charge in [-0.2, -0.15) is 4.98 Å². The molecule has 0 bridgehead atoms. The molecule has 31 heavy (non-hydrogen) atoms. The highest BCUT2D eigenvalue weighted by molar-refractivity contribution is 5.76. The van der Waals surface area contributed by atoms with Crippen LogP contribution in [-0.4, -0.2) is 47.0 Å². The van der Waals surface area contributed by atoms with Gasteiger partial charge < -0.3 is 14.5 Å². The van der Waals surface area contributed by atoms with E-state index in [-0.39, 0.29) is 5.91 Å². The lowest BCUT2D eigenvalue weighted by molar-refractivity contribution is -0.131. The van der Waals surface area contributed by atoms with Gasteiger partial charge in [0.1, 0.15) is 17.4 Å². The average Bonchev–Trinajstić information content (AvgIpc) is 2.79. The third-order valence-electron chi connectivity index (χ3n) is 5.47. The lowest BCUT2D eigenvalue weighted by Gasteiger charge is -2.35. The van der Waals surface area contributed by atoms with Gasteiger partial charge in [0, 0.05) is 38.7 Å². The zero-order valence-corrected chi connectivity index (χ0v) is 18.1. The smallest absolute Gasteiger partial charge is 0.224 e. The number of anilines is 1. The highest BCUT2D eigenvalue weighted by atomic mass is 16.5. The molecule has 2 aromatic carbocycles. The fourth-order valence-electron chi connectivity index (χ4n) is 3.71. The van der Waals surface area contributed by atoms with Crippen molar-refractivity contribution in [2.75, 3.05) is 31.1 Å². The Kier molecular flexibility index (Phi) is 6.46. The number of piperazine rings is 1. The Labute approximate surface area is 183 Å². The number of rotatable bonds is 6. The highest BCUT2D eigenvalue weighted by Crippen LogP contribution is 2.24. The minimum atomic E-state index is 0.214. The maximum absolute atomic E-state index is 12.6. The number of aryl methyl sites for hydroxylation is 3. The summed E-state index contributed by atoms with van der Waals surface area (Å²) in [5.41, 5.74) is 2.38. The molecule has 0 saturated carbocycles. The van der Waals surface area contributed by atoms with E-state index in [1.54, 1.807) is 0 Å². The van der Waals surface area contributed by atoms with Crippen LogP contribution in [0, 0.1) is 13.8 Å². The number of carbonyl (C=O) groups excluding carboxylic acids is 1. The molecule has 0 unspecified atom stereocenters. The molecule has 0 aliphatic carbocycles.